The monoisotopic (exact) mass is 392 g/mol. The summed E-state index contributed by atoms with van der Waals surface area (Å²) < 4.78 is 8.39. The van der Waals surface area contributed by atoms with Crippen molar-refractivity contribution < 1.29 is 4.74 Å². The second-order valence-electron chi connectivity index (χ2n) is 7.61. The van der Waals surface area contributed by atoms with Gasteiger partial charge in [0, 0.05) is 54.4 Å². The van der Waals surface area contributed by atoms with Crippen molar-refractivity contribution in [3.63, 3.8) is 0 Å². The third-order valence-electron chi connectivity index (χ3n) is 5.59. The third-order valence-corrected chi connectivity index (χ3v) is 5.59. The Balaban J connectivity index is 1.43. The first-order chi connectivity index (χ1) is 14.8. The zero-order valence-corrected chi connectivity index (χ0v) is 16.6. The number of hydrogen-bond donors (Lipinski definition) is 0. The maximum Gasteiger partial charge on any atom is 0.145 e. The van der Waals surface area contributed by atoms with Gasteiger partial charge >= 0.3 is 0 Å². The summed E-state index contributed by atoms with van der Waals surface area (Å²) in [6, 6.07) is 22.8. The molecule has 0 aliphatic carbocycles. The van der Waals surface area contributed by atoms with Crippen LogP contribution < -0.4 is 9.64 Å². The van der Waals surface area contributed by atoms with Gasteiger partial charge in [-0.25, -0.2) is 4.98 Å². The van der Waals surface area contributed by atoms with Crippen LogP contribution in [-0.4, -0.2) is 28.0 Å². The second kappa shape index (κ2) is 6.52. The number of pyridine rings is 1. The molecule has 0 saturated carbocycles. The van der Waals surface area contributed by atoms with Gasteiger partial charge in [0.25, 0.3) is 0 Å². The standard InChI is InChI=1S/C25H20N4O/c1-27-13-14-28(17-27)18-5-4-6-19(15-18)30-20-9-10-21-22-7-2-3-8-24(22)29-12-11-26-25(29)23(21)16-20/h2-16H,17H2,1H3. The van der Waals surface area contributed by atoms with Gasteiger partial charge in [-0.1, -0.05) is 24.3 Å². The number of imidazole rings is 1. The lowest BCUT2D eigenvalue weighted by Gasteiger charge is -2.19. The molecule has 30 heavy (non-hydrogen) atoms. The summed E-state index contributed by atoms with van der Waals surface area (Å²) in [5.41, 5.74) is 3.20. The highest BCUT2D eigenvalue weighted by Gasteiger charge is 2.13. The molecule has 6 rings (SSSR count). The number of ether oxygens (including phenoxy) is 1. The number of fused-ring (bicyclic) bond motifs is 6. The molecule has 0 unspecified atom stereocenters. The van der Waals surface area contributed by atoms with E-state index in [2.05, 4.69) is 87.2 Å². The van der Waals surface area contributed by atoms with Gasteiger partial charge in [0.15, 0.2) is 0 Å². The van der Waals surface area contributed by atoms with E-state index in [1.54, 1.807) is 0 Å². The van der Waals surface area contributed by atoms with E-state index in [4.69, 9.17) is 4.74 Å². The number of anilines is 1. The zero-order chi connectivity index (χ0) is 20.1. The van der Waals surface area contributed by atoms with Crippen LogP contribution in [-0.2, 0) is 0 Å². The Morgan fingerprint density at radius 1 is 0.833 bits per heavy atom. The summed E-state index contributed by atoms with van der Waals surface area (Å²) in [4.78, 5) is 8.93. The Kier molecular flexibility index (Phi) is 3.68. The molecule has 5 aromatic rings. The number of nitrogens with zero attached hydrogens (tertiary/aromatic N) is 4. The highest BCUT2D eigenvalue weighted by molar-refractivity contribution is 6.12. The Morgan fingerprint density at radius 3 is 2.63 bits per heavy atom. The lowest BCUT2D eigenvalue weighted by atomic mass is 10.1. The maximum atomic E-state index is 6.25. The molecule has 1 aliphatic rings. The second-order valence-corrected chi connectivity index (χ2v) is 7.61. The SMILES string of the molecule is CN1C=CN(c2cccc(Oc3ccc4c5ccccc5n5ccnc5c4c3)c2)C1. The summed E-state index contributed by atoms with van der Waals surface area (Å²) in [6.45, 7) is 0.838. The minimum Gasteiger partial charge on any atom is -0.457 e. The first-order valence-corrected chi connectivity index (χ1v) is 9.97. The van der Waals surface area contributed by atoms with Crippen molar-refractivity contribution in [3.05, 3.63) is 91.5 Å². The van der Waals surface area contributed by atoms with E-state index >= 15 is 0 Å². The van der Waals surface area contributed by atoms with Gasteiger partial charge < -0.3 is 14.5 Å². The van der Waals surface area contributed by atoms with E-state index in [-0.39, 0.29) is 0 Å². The fraction of sp³-hybridized carbons (Fsp3) is 0.0800. The molecule has 0 amide bonds. The molecule has 5 heteroatoms. The average Bonchev–Trinajstić information content (AvgIpc) is 3.44. The predicted octanol–water partition coefficient (Wildman–Crippen LogP) is 5.61. The molecule has 1 aliphatic heterocycles. The van der Waals surface area contributed by atoms with Gasteiger partial charge in [0.2, 0.25) is 0 Å². The first-order valence-electron chi connectivity index (χ1n) is 9.97. The number of benzene rings is 3. The van der Waals surface area contributed by atoms with E-state index in [1.165, 1.54) is 10.8 Å². The molecular weight excluding hydrogens is 372 g/mol. The zero-order valence-electron chi connectivity index (χ0n) is 16.6. The minimum absolute atomic E-state index is 0.800. The van der Waals surface area contributed by atoms with Crippen molar-refractivity contribution >= 4 is 33.0 Å². The molecule has 0 radical (unpaired) electrons. The van der Waals surface area contributed by atoms with Crippen molar-refractivity contribution in [2.24, 2.45) is 0 Å². The van der Waals surface area contributed by atoms with Gasteiger partial charge in [0.05, 0.1) is 12.2 Å². The molecule has 3 aromatic carbocycles. The smallest absolute Gasteiger partial charge is 0.145 e. The van der Waals surface area contributed by atoms with E-state index in [9.17, 15) is 0 Å². The van der Waals surface area contributed by atoms with Crippen molar-refractivity contribution in [1.29, 1.82) is 0 Å². The number of hydrogen-bond acceptors (Lipinski definition) is 4. The quantitative estimate of drug-likeness (QED) is 0.374. The van der Waals surface area contributed by atoms with Crippen LogP contribution in [0.25, 0.3) is 27.3 Å². The van der Waals surface area contributed by atoms with Crippen molar-refractivity contribution in [2.75, 3.05) is 18.6 Å². The predicted molar refractivity (Wildman–Crippen MR) is 121 cm³/mol. The molecular formula is C25H20N4O. The molecule has 5 nitrogen and oxygen atoms in total. The van der Waals surface area contributed by atoms with Crippen LogP contribution in [0.5, 0.6) is 11.5 Å². The van der Waals surface area contributed by atoms with Crippen LogP contribution >= 0.6 is 0 Å². The molecule has 146 valence electrons. The lowest BCUT2D eigenvalue weighted by Crippen LogP contribution is -2.21. The van der Waals surface area contributed by atoms with Crippen molar-refractivity contribution in [3.8, 4) is 11.5 Å². The summed E-state index contributed by atoms with van der Waals surface area (Å²) >= 11 is 0. The normalized spacial score (nSPS) is 13.8. The van der Waals surface area contributed by atoms with E-state index < -0.39 is 0 Å². The number of aromatic nitrogens is 2. The molecule has 0 atom stereocenters. The van der Waals surface area contributed by atoms with Gasteiger partial charge in [-0.2, -0.15) is 0 Å². The fourth-order valence-corrected chi connectivity index (χ4v) is 4.17. The summed E-state index contributed by atoms with van der Waals surface area (Å²) in [5.74, 6) is 1.61. The Bertz CT molecular complexity index is 1440. The molecule has 3 heterocycles. The van der Waals surface area contributed by atoms with Crippen LogP contribution in [0.15, 0.2) is 91.5 Å². The molecule has 0 fully saturated rings. The molecule has 2 aromatic heterocycles. The molecule has 0 bridgehead atoms. The summed E-state index contributed by atoms with van der Waals surface area (Å²) in [7, 11) is 2.06. The Labute approximate surface area is 174 Å². The van der Waals surface area contributed by atoms with Crippen LogP contribution in [0, 0.1) is 0 Å². The van der Waals surface area contributed by atoms with Crippen LogP contribution in [0.2, 0.25) is 0 Å². The number of rotatable bonds is 3. The van der Waals surface area contributed by atoms with Crippen molar-refractivity contribution in [2.45, 2.75) is 0 Å². The minimum atomic E-state index is 0.800. The third kappa shape index (κ3) is 2.67. The largest absolute Gasteiger partial charge is 0.457 e. The highest BCUT2D eigenvalue weighted by atomic mass is 16.5. The number of para-hydroxylation sites is 1. The van der Waals surface area contributed by atoms with Gasteiger partial charge in [-0.15, -0.1) is 0 Å². The summed E-state index contributed by atoms with van der Waals surface area (Å²) in [6.07, 6.45) is 8.00. The van der Waals surface area contributed by atoms with Gasteiger partial charge in [-0.3, -0.25) is 4.40 Å². The van der Waals surface area contributed by atoms with Crippen LogP contribution in [0.4, 0.5) is 5.69 Å². The highest BCUT2D eigenvalue weighted by Crippen LogP contribution is 2.34. The summed E-state index contributed by atoms with van der Waals surface area (Å²) in [5, 5.41) is 3.46. The van der Waals surface area contributed by atoms with E-state index in [0.717, 1.165) is 40.4 Å². The molecule has 0 N–H and O–H groups in total. The molecule has 0 spiro atoms. The van der Waals surface area contributed by atoms with Crippen molar-refractivity contribution in [1.82, 2.24) is 14.3 Å². The van der Waals surface area contributed by atoms with Crippen LogP contribution in [0.1, 0.15) is 0 Å². The topological polar surface area (TPSA) is 33.0 Å². The molecule has 0 saturated heterocycles. The van der Waals surface area contributed by atoms with E-state index in [0.29, 0.717) is 0 Å². The average molecular weight is 392 g/mol. The Morgan fingerprint density at radius 2 is 1.73 bits per heavy atom. The lowest BCUT2D eigenvalue weighted by molar-refractivity contribution is 0.481. The Hall–Kier alpha value is -3.99. The van der Waals surface area contributed by atoms with Gasteiger partial charge in [-0.05, 0) is 41.8 Å². The van der Waals surface area contributed by atoms with E-state index in [1.807, 2.05) is 30.6 Å². The van der Waals surface area contributed by atoms with Crippen LogP contribution in [0.3, 0.4) is 0 Å². The maximum absolute atomic E-state index is 6.25. The first kappa shape index (κ1) is 16.9. The van der Waals surface area contributed by atoms with Gasteiger partial charge in [0.1, 0.15) is 17.1 Å². The fourth-order valence-electron chi connectivity index (χ4n) is 4.17.